The molecule has 0 aliphatic carbocycles. The van der Waals surface area contributed by atoms with E-state index in [9.17, 15) is 0 Å². The Hall–Kier alpha value is -3.83. The first-order valence-corrected chi connectivity index (χ1v) is 10.8. The van der Waals surface area contributed by atoms with Crippen molar-refractivity contribution in [1.29, 1.82) is 0 Å². The number of ether oxygens (including phenoxy) is 1. The molecular weight excluding hydrogens is 420 g/mol. The summed E-state index contributed by atoms with van der Waals surface area (Å²) in [7, 11) is 0. The molecule has 0 spiro atoms. The number of fused-ring (bicyclic) bond motifs is 1. The van der Waals surface area contributed by atoms with Crippen LogP contribution in [0.4, 0.5) is 11.5 Å². The fourth-order valence-electron chi connectivity index (χ4n) is 3.73. The van der Waals surface area contributed by atoms with E-state index < -0.39 is 0 Å². The van der Waals surface area contributed by atoms with Gasteiger partial charge in [-0.15, -0.1) is 0 Å². The Morgan fingerprint density at radius 1 is 0.906 bits per heavy atom. The zero-order chi connectivity index (χ0) is 21.9. The van der Waals surface area contributed by atoms with Crippen LogP contribution < -0.4 is 10.1 Å². The molecule has 158 valence electrons. The molecule has 0 saturated carbocycles. The van der Waals surface area contributed by atoms with Crippen molar-refractivity contribution >= 4 is 34.1 Å². The number of aromatic nitrogens is 3. The molecule has 1 N–H and O–H groups in total. The van der Waals surface area contributed by atoms with E-state index in [1.54, 1.807) is 6.33 Å². The summed E-state index contributed by atoms with van der Waals surface area (Å²) in [5.74, 6) is 1.58. The lowest BCUT2D eigenvalue weighted by Gasteiger charge is -2.10. The Kier molecular flexibility index (Phi) is 5.48. The van der Waals surface area contributed by atoms with Gasteiger partial charge in [-0.3, -0.25) is 0 Å². The molecule has 0 atom stereocenters. The highest BCUT2D eigenvalue weighted by Crippen LogP contribution is 2.36. The van der Waals surface area contributed by atoms with E-state index in [1.165, 1.54) is 0 Å². The molecule has 6 heteroatoms. The number of nitrogens with one attached hydrogen (secondary N) is 1. The lowest BCUT2D eigenvalue weighted by atomic mass is 10.1. The Bertz CT molecular complexity index is 1350. The van der Waals surface area contributed by atoms with Crippen LogP contribution in [0, 0.1) is 0 Å². The highest BCUT2D eigenvalue weighted by atomic mass is 35.5. The van der Waals surface area contributed by atoms with Crippen LogP contribution in [-0.4, -0.2) is 21.1 Å². The van der Waals surface area contributed by atoms with Gasteiger partial charge in [-0.1, -0.05) is 41.9 Å². The van der Waals surface area contributed by atoms with Gasteiger partial charge in [0.1, 0.15) is 17.9 Å². The van der Waals surface area contributed by atoms with E-state index in [2.05, 4.69) is 38.2 Å². The standard InChI is InChI=1S/C26H21ClN4O/c1-2-32-22-14-10-20(11-15-22)30-25-24-23(18-6-4-3-5-7-18)16-31(26(24)29-17-28-25)21-12-8-19(27)9-13-21/h3-17H,2H2,1H3,(H,28,29,30). The molecule has 0 aliphatic rings. The predicted octanol–water partition coefficient (Wildman–Crippen LogP) is 6.88. The molecule has 0 aliphatic heterocycles. The number of halogens is 1. The van der Waals surface area contributed by atoms with Crippen LogP contribution in [0.15, 0.2) is 91.4 Å². The molecule has 0 saturated heterocycles. The second-order valence-electron chi connectivity index (χ2n) is 7.26. The zero-order valence-corrected chi connectivity index (χ0v) is 18.3. The summed E-state index contributed by atoms with van der Waals surface area (Å²) in [5.41, 5.74) is 4.85. The largest absolute Gasteiger partial charge is 0.494 e. The van der Waals surface area contributed by atoms with E-state index in [4.69, 9.17) is 16.3 Å². The van der Waals surface area contributed by atoms with Gasteiger partial charge >= 0.3 is 0 Å². The van der Waals surface area contributed by atoms with Gasteiger partial charge in [-0.2, -0.15) is 0 Å². The topological polar surface area (TPSA) is 52.0 Å². The van der Waals surface area contributed by atoms with E-state index in [-0.39, 0.29) is 0 Å². The minimum Gasteiger partial charge on any atom is -0.494 e. The number of hydrogen-bond donors (Lipinski definition) is 1. The fourth-order valence-corrected chi connectivity index (χ4v) is 3.86. The van der Waals surface area contributed by atoms with Crippen molar-refractivity contribution in [3.05, 3.63) is 96.4 Å². The van der Waals surface area contributed by atoms with Crippen LogP contribution in [0.5, 0.6) is 5.75 Å². The first-order valence-electron chi connectivity index (χ1n) is 10.4. The van der Waals surface area contributed by atoms with Crippen LogP contribution in [0.25, 0.3) is 27.8 Å². The Morgan fingerprint density at radius 2 is 1.66 bits per heavy atom. The van der Waals surface area contributed by atoms with E-state index in [0.29, 0.717) is 11.6 Å². The van der Waals surface area contributed by atoms with Crippen LogP contribution in [-0.2, 0) is 0 Å². The van der Waals surface area contributed by atoms with Crippen molar-refractivity contribution in [2.75, 3.05) is 11.9 Å². The average Bonchev–Trinajstić information content (AvgIpc) is 3.22. The molecule has 5 nitrogen and oxygen atoms in total. The first-order chi connectivity index (χ1) is 15.7. The summed E-state index contributed by atoms with van der Waals surface area (Å²) in [6.07, 6.45) is 3.68. The Balaban J connectivity index is 1.66. The number of nitrogens with zero attached hydrogens (tertiary/aromatic N) is 3. The summed E-state index contributed by atoms with van der Waals surface area (Å²) in [6.45, 7) is 2.61. The van der Waals surface area contributed by atoms with Crippen molar-refractivity contribution in [1.82, 2.24) is 14.5 Å². The monoisotopic (exact) mass is 440 g/mol. The molecule has 2 heterocycles. The normalized spacial score (nSPS) is 10.9. The fraction of sp³-hybridized carbons (Fsp3) is 0.0769. The van der Waals surface area contributed by atoms with Crippen LogP contribution >= 0.6 is 11.6 Å². The lowest BCUT2D eigenvalue weighted by molar-refractivity contribution is 0.340. The summed E-state index contributed by atoms with van der Waals surface area (Å²) in [5, 5.41) is 5.10. The summed E-state index contributed by atoms with van der Waals surface area (Å²) in [4.78, 5) is 9.21. The molecule has 2 aromatic heterocycles. The van der Waals surface area contributed by atoms with Gasteiger partial charge in [0.15, 0.2) is 5.65 Å². The van der Waals surface area contributed by atoms with Gasteiger partial charge in [-0.25, -0.2) is 9.97 Å². The number of hydrogen-bond acceptors (Lipinski definition) is 4. The SMILES string of the molecule is CCOc1ccc(Nc2ncnc3c2c(-c2ccccc2)cn3-c2ccc(Cl)cc2)cc1. The predicted molar refractivity (Wildman–Crippen MR) is 130 cm³/mol. The molecule has 32 heavy (non-hydrogen) atoms. The highest BCUT2D eigenvalue weighted by molar-refractivity contribution is 6.30. The van der Waals surface area contributed by atoms with E-state index in [1.807, 2.05) is 73.7 Å². The minimum atomic E-state index is 0.637. The summed E-state index contributed by atoms with van der Waals surface area (Å²) in [6, 6.07) is 25.8. The maximum atomic E-state index is 6.11. The Labute approximate surface area is 191 Å². The molecule has 0 radical (unpaired) electrons. The smallest absolute Gasteiger partial charge is 0.150 e. The second kappa shape index (κ2) is 8.73. The van der Waals surface area contributed by atoms with Crippen molar-refractivity contribution in [2.45, 2.75) is 6.92 Å². The van der Waals surface area contributed by atoms with E-state index >= 15 is 0 Å². The molecule has 0 amide bonds. The maximum absolute atomic E-state index is 6.11. The van der Waals surface area contributed by atoms with Gasteiger partial charge in [0.05, 0.1) is 12.0 Å². The molecule has 0 fully saturated rings. The zero-order valence-electron chi connectivity index (χ0n) is 17.5. The number of benzene rings is 3. The minimum absolute atomic E-state index is 0.637. The second-order valence-corrected chi connectivity index (χ2v) is 7.69. The quantitative estimate of drug-likeness (QED) is 0.312. The third-order valence-corrected chi connectivity index (χ3v) is 5.45. The van der Waals surface area contributed by atoms with Gasteiger partial charge in [0.2, 0.25) is 0 Å². The average molecular weight is 441 g/mol. The highest BCUT2D eigenvalue weighted by Gasteiger charge is 2.17. The molecule has 0 unspecified atom stereocenters. The third kappa shape index (κ3) is 3.90. The molecular formula is C26H21ClN4O. The molecule has 5 aromatic rings. The lowest BCUT2D eigenvalue weighted by Crippen LogP contribution is -1.98. The number of rotatable bonds is 6. The molecule has 5 rings (SSSR count). The van der Waals surface area contributed by atoms with Crippen LogP contribution in [0.3, 0.4) is 0 Å². The van der Waals surface area contributed by atoms with Crippen molar-refractivity contribution in [2.24, 2.45) is 0 Å². The van der Waals surface area contributed by atoms with Gasteiger partial charge in [0.25, 0.3) is 0 Å². The van der Waals surface area contributed by atoms with Crippen molar-refractivity contribution in [3.8, 4) is 22.6 Å². The Morgan fingerprint density at radius 3 is 2.38 bits per heavy atom. The third-order valence-electron chi connectivity index (χ3n) is 5.20. The van der Waals surface area contributed by atoms with Crippen molar-refractivity contribution in [3.63, 3.8) is 0 Å². The van der Waals surface area contributed by atoms with Gasteiger partial charge in [-0.05, 0) is 61.0 Å². The van der Waals surface area contributed by atoms with Gasteiger partial charge in [0, 0.05) is 28.2 Å². The van der Waals surface area contributed by atoms with Crippen LogP contribution in [0.1, 0.15) is 6.92 Å². The number of anilines is 2. The van der Waals surface area contributed by atoms with E-state index in [0.717, 1.165) is 45.1 Å². The maximum Gasteiger partial charge on any atom is 0.150 e. The van der Waals surface area contributed by atoms with Crippen molar-refractivity contribution < 1.29 is 4.74 Å². The first kappa shape index (κ1) is 20.1. The van der Waals surface area contributed by atoms with Gasteiger partial charge < -0.3 is 14.6 Å². The van der Waals surface area contributed by atoms with Crippen LogP contribution in [0.2, 0.25) is 5.02 Å². The summed E-state index contributed by atoms with van der Waals surface area (Å²) < 4.78 is 7.62. The summed E-state index contributed by atoms with van der Waals surface area (Å²) >= 11 is 6.11. The molecule has 0 bridgehead atoms. The molecule has 3 aromatic carbocycles.